The van der Waals surface area contributed by atoms with Crippen LogP contribution in [0.15, 0.2) is 42.5 Å². The van der Waals surface area contributed by atoms with Crippen molar-refractivity contribution in [3.8, 4) is 11.5 Å². The lowest BCUT2D eigenvalue weighted by molar-refractivity contribution is 1.02. The lowest BCUT2D eigenvalue weighted by atomic mass is 10.2. The van der Waals surface area contributed by atoms with Gasteiger partial charge in [0.25, 0.3) is 0 Å². The molecule has 4 nitrogen and oxygen atoms in total. The smallest absolute Gasteiger partial charge is 0.200 e. The van der Waals surface area contributed by atoms with Crippen LogP contribution in [0, 0.1) is 13.8 Å². The first-order chi connectivity index (χ1) is 11.7. The highest BCUT2D eigenvalue weighted by atomic mass is 32.1. The van der Waals surface area contributed by atoms with Crippen LogP contribution in [0.25, 0.3) is 42.7 Å². The summed E-state index contributed by atoms with van der Waals surface area (Å²) in [4.78, 5) is 8.25. The van der Waals surface area contributed by atoms with E-state index in [2.05, 4.69) is 59.4 Å². The molecule has 2 aromatic carbocycles. The largest absolute Gasteiger partial charge is 0.354 e. The molecule has 0 saturated heterocycles. The Bertz CT molecular complexity index is 1230. The van der Waals surface area contributed by atoms with Crippen molar-refractivity contribution >= 4 is 42.5 Å². The predicted molar refractivity (Wildman–Crippen MR) is 99.5 cm³/mol. The van der Waals surface area contributed by atoms with Gasteiger partial charge >= 0.3 is 0 Å². The van der Waals surface area contributed by atoms with Gasteiger partial charge in [0, 0.05) is 21.2 Å². The predicted octanol–water partition coefficient (Wildman–Crippen LogP) is 5.00. The molecule has 0 aliphatic rings. The molecule has 116 valence electrons. The van der Waals surface area contributed by atoms with Crippen molar-refractivity contribution < 1.29 is 0 Å². The minimum absolute atomic E-state index is 0.654. The van der Waals surface area contributed by atoms with E-state index in [0.29, 0.717) is 5.82 Å². The Balaban J connectivity index is 1.84. The lowest BCUT2D eigenvalue weighted by Gasteiger charge is -2.02. The van der Waals surface area contributed by atoms with E-state index in [9.17, 15) is 0 Å². The van der Waals surface area contributed by atoms with E-state index in [1.54, 1.807) is 11.3 Å². The Labute approximate surface area is 142 Å². The Morgan fingerprint density at radius 3 is 2.75 bits per heavy atom. The molecule has 0 aliphatic carbocycles. The van der Waals surface area contributed by atoms with Gasteiger partial charge in [0.2, 0.25) is 0 Å². The average Bonchev–Trinajstić information content (AvgIpc) is 3.13. The van der Waals surface area contributed by atoms with Gasteiger partial charge < -0.3 is 4.98 Å². The quantitative estimate of drug-likeness (QED) is 0.470. The molecule has 0 atom stereocenters. The third-order valence-electron chi connectivity index (χ3n) is 4.42. The van der Waals surface area contributed by atoms with Crippen molar-refractivity contribution in [1.29, 1.82) is 0 Å². The van der Waals surface area contributed by atoms with Crippen molar-refractivity contribution in [1.82, 2.24) is 20.2 Å². The topological polar surface area (TPSA) is 54.5 Å². The zero-order valence-corrected chi connectivity index (χ0v) is 14.1. The van der Waals surface area contributed by atoms with Gasteiger partial charge in [0.05, 0.1) is 10.2 Å². The number of rotatable bonds is 1. The monoisotopic (exact) mass is 330 g/mol. The minimum Gasteiger partial charge on any atom is -0.354 e. The highest BCUT2D eigenvalue weighted by Gasteiger charge is 2.18. The van der Waals surface area contributed by atoms with Gasteiger partial charge in [-0.3, -0.25) is 0 Å². The number of para-hydroxylation sites is 1. The van der Waals surface area contributed by atoms with Gasteiger partial charge in [-0.25, -0.2) is 4.98 Å². The third kappa shape index (κ3) is 1.82. The summed E-state index contributed by atoms with van der Waals surface area (Å²) < 4.78 is 2.48. The first kappa shape index (κ1) is 13.6. The molecule has 5 heteroatoms. The summed E-state index contributed by atoms with van der Waals surface area (Å²) >= 11 is 1.77. The molecule has 0 fully saturated rings. The minimum atomic E-state index is 0.654. The average molecular weight is 330 g/mol. The number of hydrogen-bond acceptors (Lipinski definition) is 4. The van der Waals surface area contributed by atoms with Gasteiger partial charge in [-0.1, -0.05) is 30.3 Å². The maximum Gasteiger partial charge on any atom is 0.200 e. The molecule has 3 heterocycles. The number of benzene rings is 2. The molecule has 0 unspecified atom stereocenters. The molecule has 5 aromatic rings. The molecule has 0 amide bonds. The SMILES string of the molecule is Cc1cccc2nnc(-c3[nH]c(C)c4c3sc3ccccc34)nc12. The Morgan fingerprint density at radius 1 is 0.958 bits per heavy atom. The number of hydrogen-bond donors (Lipinski definition) is 1. The van der Waals surface area contributed by atoms with Crippen molar-refractivity contribution in [2.75, 3.05) is 0 Å². The fraction of sp³-hybridized carbons (Fsp3) is 0.105. The normalized spacial score (nSPS) is 11.8. The van der Waals surface area contributed by atoms with Gasteiger partial charge in [-0.2, -0.15) is 0 Å². The zero-order chi connectivity index (χ0) is 16.3. The molecule has 0 spiro atoms. The van der Waals surface area contributed by atoms with Gasteiger partial charge in [-0.05, 0) is 31.5 Å². The number of H-pyrrole nitrogens is 1. The Kier molecular flexibility index (Phi) is 2.76. The van der Waals surface area contributed by atoms with E-state index in [1.807, 2.05) is 12.1 Å². The third-order valence-corrected chi connectivity index (χ3v) is 5.61. The van der Waals surface area contributed by atoms with E-state index in [4.69, 9.17) is 4.98 Å². The molecule has 0 aliphatic heterocycles. The van der Waals surface area contributed by atoms with Crippen LogP contribution in [0.1, 0.15) is 11.3 Å². The first-order valence-corrected chi connectivity index (χ1v) is 8.64. The van der Waals surface area contributed by atoms with Crippen LogP contribution < -0.4 is 0 Å². The highest BCUT2D eigenvalue weighted by molar-refractivity contribution is 7.26. The summed E-state index contributed by atoms with van der Waals surface area (Å²) in [6, 6.07) is 14.5. The number of aromatic nitrogens is 4. The highest BCUT2D eigenvalue weighted by Crippen LogP contribution is 2.40. The van der Waals surface area contributed by atoms with Crippen LogP contribution >= 0.6 is 11.3 Å². The summed E-state index contributed by atoms with van der Waals surface area (Å²) in [5, 5.41) is 11.3. The van der Waals surface area contributed by atoms with Crippen molar-refractivity contribution in [3.05, 3.63) is 53.7 Å². The van der Waals surface area contributed by atoms with Crippen LogP contribution in [0.3, 0.4) is 0 Å². The van der Waals surface area contributed by atoms with Crippen molar-refractivity contribution in [2.24, 2.45) is 0 Å². The van der Waals surface area contributed by atoms with Crippen LogP contribution in [0.2, 0.25) is 0 Å². The van der Waals surface area contributed by atoms with Crippen LogP contribution in [0.5, 0.6) is 0 Å². The number of nitrogens with zero attached hydrogens (tertiary/aromatic N) is 3. The Hall–Kier alpha value is -2.79. The van der Waals surface area contributed by atoms with Crippen molar-refractivity contribution in [2.45, 2.75) is 13.8 Å². The van der Waals surface area contributed by atoms with E-state index in [1.165, 1.54) is 20.2 Å². The molecular formula is C19H14N4S. The summed E-state index contributed by atoms with van der Waals surface area (Å²) in [6.45, 7) is 4.15. The molecule has 3 aromatic heterocycles. The van der Waals surface area contributed by atoms with Gasteiger partial charge in [0.1, 0.15) is 11.2 Å². The summed E-state index contributed by atoms with van der Waals surface area (Å²) in [5.74, 6) is 0.654. The van der Waals surface area contributed by atoms with Crippen LogP contribution in [-0.4, -0.2) is 20.2 Å². The Morgan fingerprint density at radius 2 is 1.83 bits per heavy atom. The second-order valence-corrected chi connectivity index (χ2v) is 7.06. The molecule has 5 rings (SSSR count). The number of fused-ring (bicyclic) bond motifs is 4. The van der Waals surface area contributed by atoms with Crippen LogP contribution in [-0.2, 0) is 0 Å². The van der Waals surface area contributed by atoms with E-state index < -0.39 is 0 Å². The number of aromatic amines is 1. The number of aryl methyl sites for hydroxylation is 2. The molecule has 0 radical (unpaired) electrons. The van der Waals surface area contributed by atoms with Crippen molar-refractivity contribution in [3.63, 3.8) is 0 Å². The lowest BCUT2D eigenvalue weighted by Crippen LogP contribution is -1.95. The molecule has 24 heavy (non-hydrogen) atoms. The van der Waals surface area contributed by atoms with E-state index >= 15 is 0 Å². The second-order valence-electron chi connectivity index (χ2n) is 6.01. The standard InChI is InChI=1S/C19H14N4S/c1-10-6-5-8-13-16(10)21-19(23-22-13)17-18-15(11(2)20-17)12-7-3-4-9-14(12)24-18/h3-9,20H,1-2H3. The summed E-state index contributed by atoms with van der Waals surface area (Å²) in [6.07, 6.45) is 0. The summed E-state index contributed by atoms with van der Waals surface area (Å²) in [7, 11) is 0. The summed E-state index contributed by atoms with van der Waals surface area (Å²) in [5.41, 5.74) is 4.95. The first-order valence-electron chi connectivity index (χ1n) is 7.82. The maximum absolute atomic E-state index is 4.78. The second kappa shape index (κ2) is 4.85. The van der Waals surface area contributed by atoms with E-state index in [0.717, 1.165) is 28.0 Å². The fourth-order valence-electron chi connectivity index (χ4n) is 3.26. The molecule has 1 N–H and O–H groups in total. The van der Waals surface area contributed by atoms with Gasteiger partial charge in [0.15, 0.2) is 5.82 Å². The molecule has 0 saturated carbocycles. The number of nitrogens with one attached hydrogen (secondary N) is 1. The van der Waals surface area contributed by atoms with E-state index in [-0.39, 0.29) is 0 Å². The molecule has 0 bridgehead atoms. The fourth-order valence-corrected chi connectivity index (χ4v) is 4.52. The van der Waals surface area contributed by atoms with Crippen LogP contribution in [0.4, 0.5) is 0 Å². The maximum atomic E-state index is 4.78. The molecular weight excluding hydrogens is 316 g/mol. The van der Waals surface area contributed by atoms with Gasteiger partial charge in [-0.15, -0.1) is 21.5 Å². The zero-order valence-electron chi connectivity index (χ0n) is 13.3. The number of thiophene rings is 1.